The van der Waals surface area contributed by atoms with Gasteiger partial charge in [0.15, 0.2) is 0 Å². The Morgan fingerprint density at radius 3 is 2.45 bits per heavy atom. The van der Waals surface area contributed by atoms with E-state index < -0.39 is 0 Å². The predicted octanol–water partition coefficient (Wildman–Crippen LogP) is 1.56. The van der Waals surface area contributed by atoms with Crippen LogP contribution in [0.1, 0.15) is 47.0 Å². The number of amides is 2. The van der Waals surface area contributed by atoms with Crippen molar-refractivity contribution in [3.05, 3.63) is 0 Å². The molecule has 5 heteroatoms. The van der Waals surface area contributed by atoms with Crippen molar-refractivity contribution < 1.29 is 14.3 Å². The second-order valence-electron chi connectivity index (χ2n) is 5.99. The van der Waals surface area contributed by atoms with Crippen LogP contribution in [0, 0.1) is 5.92 Å². The van der Waals surface area contributed by atoms with Crippen LogP contribution in [-0.4, -0.2) is 48.6 Å². The van der Waals surface area contributed by atoms with Gasteiger partial charge in [0, 0.05) is 19.8 Å². The van der Waals surface area contributed by atoms with Crippen LogP contribution >= 0.6 is 0 Å². The highest BCUT2D eigenvalue weighted by atomic mass is 16.5. The SMILES string of the molecule is CCC1NC(=O)C(CC(C)C)N(C(C)CCOC)C1=O. The third kappa shape index (κ3) is 3.95. The summed E-state index contributed by atoms with van der Waals surface area (Å²) in [5.41, 5.74) is 0. The number of nitrogens with one attached hydrogen (secondary N) is 1. The number of piperazine rings is 1. The van der Waals surface area contributed by atoms with E-state index in [0.717, 1.165) is 6.42 Å². The fourth-order valence-electron chi connectivity index (χ4n) is 2.69. The summed E-state index contributed by atoms with van der Waals surface area (Å²) in [5.74, 6) is 0.393. The van der Waals surface area contributed by atoms with Crippen molar-refractivity contribution >= 4 is 11.8 Å². The molecule has 0 aromatic carbocycles. The first-order valence-electron chi connectivity index (χ1n) is 7.53. The number of hydrogen-bond acceptors (Lipinski definition) is 3. The molecule has 1 N–H and O–H groups in total. The van der Waals surface area contributed by atoms with Crippen molar-refractivity contribution in [3.63, 3.8) is 0 Å². The van der Waals surface area contributed by atoms with E-state index in [4.69, 9.17) is 4.74 Å². The molecule has 1 rings (SSSR count). The Morgan fingerprint density at radius 1 is 1.30 bits per heavy atom. The molecule has 1 aliphatic heterocycles. The molecule has 20 heavy (non-hydrogen) atoms. The lowest BCUT2D eigenvalue weighted by molar-refractivity contribution is -0.153. The Morgan fingerprint density at radius 2 is 1.95 bits per heavy atom. The third-order valence-electron chi connectivity index (χ3n) is 3.83. The molecule has 0 bridgehead atoms. The van der Waals surface area contributed by atoms with Gasteiger partial charge in [0.05, 0.1) is 0 Å². The van der Waals surface area contributed by atoms with E-state index in [9.17, 15) is 9.59 Å². The Balaban J connectivity index is 2.92. The molecule has 0 aliphatic carbocycles. The standard InChI is InChI=1S/C15H28N2O3/c1-6-12-15(19)17(11(4)7-8-20-5)13(9-10(2)3)14(18)16-12/h10-13H,6-9H2,1-5H3,(H,16,18). The molecule has 1 heterocycles. The molecule has 3 unspecified atom stereocenters. The fraction of sp³-hybridized carbons (Fsp3) is 0.867. The fourth-order valence-corrected chi connectivity index (χ4v) is 2.69. The molecule has 0 aromatic rings. The first-order chi connectivity index (χ1) is 9.42. The molecular weight excluding hydrogens is 256 g/mol. The molecule has 116 valence electrons. The minimum atomic E-state index is -0.379. The van der Waals surface area contributed by atoms with Gasteiger partial charge in [-0.2, -0.15) is 0 Å². The zero-order chi connectivity index (χ0) is 15.3. The van der Waals surface area contributed by atoms with Crippen LogP contribution in [-0.2, 0) is 14.3 Å². The molecule has 5 nitrogen and oxygen atoms in total. The highest BCUT2D eigenvalue weighted by molar-refractivity contribution is 5.97. The van der Waals surface area contributed by atoms with E-state index in [1.54, 1.807) is 12.0 Å². The van der Waals surface area contributed by atoms with Gasteiger partial charge in [0.1, 0.15) is 12.1 Å². The van der Waals surface area contributed by atoms with Crippen molar-refractivity contribution in [2.24, 2.45) is 5.92 Å². The topological polar surface area (TPSA) is 58.6 Å². The van der Waals surface area contributed by atoms with Gasteiger partial charge in [-0.15, -0.1) is 0 Å². The highest BCUT2D eigenvalue weighted by Gasteiger charge is 2.41. The predicted molar refractivity (Wildman–Crippen MR) is 78.3 cm³/mol. The maximum Gasteiger partial charge on any atom is 0.246 e. The average Bonchev–Trinajstić information content (AvgIpc) is 2.39. The zero-order valence-corrected chi connectivity index (χ0v) is 13.3. The first kappa shape index (κ1) is 17.0. The quantitative estimate of drug-likeness (QED) is 0.772. The van der Waals surface area contributed by atoms with E-state index in [2.05, 4.69) is 19.2 Å². The Labute approximate surface area is 122 Å². The van der Waals surface area contributed by atoms with Crippen LogP contribution < -0.4 is 5.32 Å². The van der Waals surface area contributed by atoms with Crippen LogP contribution in [0.2, 0.25) is 0 Å². The summed E-state index contributed by atoms with van der Waals surface area (Å²) in [7, 11) is 1.65. The second kappa shape index (κ2) is 7.62. The van der Waals surface area contributed by atoms with Crippen LogP contribution in [0.5, 0.6) is 0 Å². The number of ether oxygens (including phenoxy) is 1. The van der Waals surface area contributed by atoms with Gasteiger partial charge in [0.2, 0.25) is 11.8 Å². The molecular formula is C15H28N2O3. The van der Waals surface area contributed by atoms with E-state index in [1.165, 1.54) is 0 Å². The summed E-state index contributed by atoms with van der Waals surface area (Å²) in [6.45, 7) is 8.65. The Kier molecular flexibility index (Phi) is 6.46. The van der Waals surface area contributed by atoms with Gasteiger partial charge < -0.3 is 15.0 Å². The lowest BCUT2D eigenvalue weighted by Crippen LogP contribution is -2.65. The molecule has 0 aromatic heterocycles. The van der Waals surface area contributed by atoms with Crippen LogP contribution in [0.3, 0.4) is 0 Å². The molecule has 0 spiro atoms. The average molecular weight is 284 g/mol. The first-order valence-corrected chi connectivity index (χ1v) is 7.53. The molecule has 1 saturated heterocycles. The monoisotopic (exact) mass is 284 g/mol. The van der Waals surface area contributed by atoms with Crippen molar-refractivity contribution in [2.75, 3.05) is 13.7 Å². The largest absolute Gasteiger partial charge is 0.385 e. The van der Waals surface area contributed by atoms with E-state index in [-0.39, 0.29) is 29.9 Å². The Bertz CT molecular complexity index is 344. The second-order valence-corrected chi connectivity index (χ2v) is 5.99. The van der Waals surface area contributed by atoms with Gasteiger partial charge >= 0.3 is 0 Å². The number of carbonyl (C=O) groups is 2. The summed E-state index contributed by atoms with van der Waals surface area (Å²) in [4.78, 5) is 26.6. The van der Waals surface area contributed by atoms with E-state index in [1.807, 2.05) is 13.8 Å². The summed E-state index contributed by atoms with van der Waals surface area (Å²) in [6.07, 6.45) is 2.08. The van der Waals surface area contributed by atoms with Gasteiger partial charge in [-0.05, 0) is 32.1 Å². The third-order valence-corrected chi connectivity index (χ3v) is 3.83. The van der Waals surface area contributed by atoms with Crippen molar-refractivity contribution in [1.29, 1.82) is 0 Å². The lowest BCUT2D eigenvalue weighted by atomic mass is 9.95. The lowest BCUT2D eigenvalue weighted by Gasteiger charge is -2.43. The van der Waals surface area contributed by atoms with Crippen molar-refractivity contribution in [1.82, 2.24) is 10.2 Å². The van der Waals surface area contributed by atoms with Gasteiger partial charge in [-0.3, -0.25) is 9.59 Å². The maximum absolute atomic E-state index is 12.6. The summed E-state index contributed by atoms with van der Waals surface area (Å²) in [5, 5.41) is 2.85. The Hall–Kier alpha value is -1.10. The molecule has 0 saturated carbocycles. The minimum absolute atomic E-state index is 0.0191. The number of methoxy groups -OCH3 is 1. The maximum atomic E-state index is 12.6. The summed E-state index contributed by atoms with van der Waals surface area (Å²) < 4.78 is 5.10. The number of hydrogen-bond donors (Lipinski definition) is 1. The molecule has 3 atom stereocenters. The van der Waals surface area contributed by atoms with Crippen LogP contribution in [0.4, 0.5) is 0 Å². The number of rotatable bonds is 7. The molecule has 0 radical (unpaired) electrons. The van der Waals surface area contributed by atoms with E-state index >= 15 is 0 Å². The van der Waals surface area contributed by atoms with Crippen LogP contribution in [0.15, 0.2) is 0 Å². The normalized spacial score (nSPS) is 25.0. The summed E-state index contributed by atoms with van der Waals surface area (Å²) in [6, 6.07) is -0.709. The van der Waals surface area contributed by atoms with Gasteiger partial charge in [-0.25, -0.2) is 0 Å². The zero-order valence-electron chi connectivity index (χ0n) is 13.3. The molecule has 1 aliphatic rings. The smallest absolute Gasteiger partial charge is 0.246 e. The van der Waals surface area contributed by atoms with Crippen LogP contribution in [0.25, 0.3) is 0 Å². The highest BCUT2D eigenvalue weighted by Crippen LogP contribution is 2.22. The van der Waals surface area contributed by atoms with Gasteiger partial charge in [0.25, 0.3) is 0 Å². The minimum Gasteiger partial charge on any atom is -0.385 e. The number of carbonyl (C=O) groups excluding carboxylic acids is 2. The van der Waals surface area contributed by atoms with Gasteiger partial charge in [-0.1, -0.05) is 20.8 Å². The van der Waals surface area contributed by atoms with E-state index in [0.29, 0.717) is 25.4 Å². The molecule has 1 fully saturated rings. The summed E-state index contributed by atoms with van der Waals surface area (Å²) >= 11 is 0. The van der Waals surface area contributed by atoms with Crippen molar-refractivity contribution in [2.45, 2.75) is 65.1 Å². The number of nitrogens with zero attached hydrogens (tertiary/aromatic N) is 1. The molecule has 2 amide bonds. The van der Waals surface area contributed by atoms with Crippen molar-refractivity contribution in [3.8, 4) is 0 Å².